The second-order valence-electron chi connectivity index (χ2n) is 4.24. The summed E-state index contributed by atoms with van der Waals surface area (Å²) in [5.74, 6) is -0.446. The second-order valence-corrected chi connectivity index (χ2v) is 4.24. The minimum absolute atomic E-state index is 0.0271. The van der Waals surface area contributed by atoms with E-state index in [-0.39, 0.29) is 5.41 Å². The van der Waals surface area contributed by atoms with Crippen LogP contribution < -0.4 is 0 Å². The van der Waals surface area contributed by atoms with Crippen LogP contribution in [0.4, 0.5) is 0 Å². The van der Waals surface area contributed by atoms with E-state index in [9.17, 15) is 4.79 Å². The summed E-state index contributed by atoms with van der Waals surface area (Å²) in [5, 5.41) is 7.42. The van der Waals surface area contributed by atoms with Crippen LogP contribution in [0.5, 0.6) is 0 Å². The van der Waals surface area contributed by atoms with Gasteiger partial charge in [0.1, 0.15) is 0 Å². The molecular weight excluding hydrogens is 194 g/mol. The highest BCUT2D eigenvalue weighted by Crippen LogP contribution is 2.15. The summed E-state index contributed by atoms with van der Waals surface area (Å²) in [4.78, 5) is 11.3. The first-order chi connectivity index (χ1) is 6.94. The number of carbonyl (C=O) groups is 1. The first kappa shape index (κ1) is 11.4. The molecule has 0 atom stereocenters. The van der Waals surface area contributed by atoms with Crippen molar-refractivity contribution in [2.24, 2.45) is 5.41 Å². The van der Waals surface area contributed by atoms with Crippen molar-refractivity contribution in [3.8, 4) is 0 Å². The Hall–Kier alpha value is -1.65. The number of esters is 1. The molecule has 0 saturated carbocycles. The van der Waals surface area contributed by atoms with E-state index in [0.717, 1.165) is 0 Å². The zero-order valence-electron chi connectivity index (χ0n) is 9.39. The molecule has 0 spiro atoms. The van der Waals surface area contributed by atoms with Crippen LogP contribution in [-0.2, 0) is 4.74 Å². The third-order valence-corrected chi connectivity index (χ3v) is 1.69. The van der Waals surface area contributed by atoms with Crippen molar-refractivity contribution in [2.45, 2.75) is 20.8 Å². The van der Waals surface area contributed by atoms with E-state index in [4.69, 9.17) is 0 Å². The van der Waals surface area contributed by atoms with Crippen LogP contribution in [-0.4, -0.2) is 28.1 Å². The van der Waals surface area contributed by atoms with Gasteiger partial charge in [-0.1, -0.05) is 32.1 Å². The van der Waals surface area contributed by atoms with Gasteiger partial charge in [-0.2, -0.15) is 0 Å². The van der Waals surface area contributed by atoms with Crippen LogP contribution >= 0.6 is 0 Å². The maximum atomic E-state index is 11.3. The van der Waals surface area contributed by atoms with Gasteiger partial charge in [-0.25, -0.2) is 9.48 Å². The van der Waals surface area contributed by atoms with E-state index < -0.39 is 5.97 Å². The van der Waals surface area contributed by atoms with Crippen LogP contribution in [0.2, 0.25) is 0 Å². The molecule has 5 nitrogen and oxygen atoms in total. The molecule has 1 heterocycles. The molecule has 0 aliphatic rings. The topological polar surface area (TPSA) is 57.0 Å². The van der Waals surface area contributed by atoms with Crippen molar-refractivity contribution in [1.29, 1.82) is 0 Å². The fourth-order valence-corrected chi connectivity index (χ4v) is 0.899. The molecule has 5 heteroatoms. The summed E-state index contributed by atoms with van der Waals surface area (Å²) >= 11 is 0. The molecule has 0 fully saturated rings. The van der Waals surface area contributed by atoms with Crippen LogP contribution in [0, 0.1) is 5.41 Å². The number of methoxy groups -OCH3 is 1. The number of aromatic nitrogens is 3. The lowest BCUT2D eigenvalue weighted by molar-refractivity contribution is 0.0591. The molecule has 0 aromatic carbocycles. The van der Waals surface area contributed by atoms with Crippen molar-refractivity contribution in [3.63, 3.8) is 0 Å². The molecule has 0 saturated heterocycles. The molecule has 1 aromatic rings. The van der Waals surface area contributed by atoms with Crippen molar-refractivity contribution in [2.75, 3.05) is 7.11 Å². The molecule has 0 radical (unpaired) electrons. The van der Waals surface area contributed by atoms with Crippen LogP contribution in [0.15, 0.2) is 12.3 Å². The van der Waals surface area contributed by atoms with Gasteiger partial charge in [-0.3, -0.25) is 0 Å². The Morgan fingerprint density at radius 3 is 2.73 bits per heavy atom. The predicted octanol–water partition coefficient (Wildman–Crippen LogP) is 1.58. The summed E-state index contributed by atoms with van der Waals surface area (Å²) in [6.45, 7) is 6.16. The molecule has 1 aromatic heterocycles. The van der Waals surface area contributed by atoms with E-state index in [0.29, 0.717) is 5.69 Å². The maximum absolute atomic E-state index is 11.3. The van der Waals surface area contributed by atoms with Gasteiger partial charge in [0.25, 0.3) is 0 Å². The Labute approximate surface area is 88.7 Å². The molecule has 0 unspecified atom stereocenters. The third-order valence-electron chi connectivity index (χ3n) is 1.69. The van der Waals surface area contributed by atoms with Crippen molar-refractivity contribution >= 4 is 12.2 Å². The van der Waals surface area contributed by atoms with Gasteiger partial charge < -0.3 is 4.74 Å². The molecule has 0 aliphatic heterocycles. The number of hydrogen-bond donors (Lipinski definition) is 0. The van der Waals surface area contributed by atoms with Gasteiger partial charge in [0, 0.05) is 6.20 Å². The molecule has 82 valence electrons. The summed E-state index contributed by atoms with van der Waals surface area (Å²) in [6.07, 6.45) is 5.02. The molecule has 0 aliphatic carbocycles. The van der Waals surface area contributed by atoms with Gasteiger partial charge in [-0.15, -0.1) is 5.10 Å². The van der Waals surface area contributed by atoms with E-state index >= 15 is 0 Å². The van der Waals surface area contributed by atoms with Crippen molar-refractivity contribution in [1.82, 2.24) is 15.0 Å². The average Bonchev–Trinajstić information content (AvgIpc) is 2.60. The normalized spacial score (nSPS) is 12.0. The van der Waals surface area contributed by atoms with Gasteiger partial charge in [0.05, 0.1) is 13.3 Å². The number of allylic oxidation sites excluding steroid dienone is 1. The SMILES string of the molecule is COC(=O)c1cnnn1/C=C/C(C)(C)C. The van der Waals surface area contributed by atoms with Gasteiger partial charge in [-0.05, 0) is 5.41 Å². The lowest BCUT2D eigenvalue weighted by Gasteiger charge is -2.10. The minimum Gasteiger partial charge on any atom is -0.464 e. The first-order valence-electron chi connectivity index (χ1n) is 4.62. The van der Waals surface area contributed by atoms with Gasteiger partial charge >= 0.3 is 5.97 Å². The molecule has 15 heavy (non-hydrogen) atoms. The zero-order chi connectivity index (χ0) is 11.5. The minimum atomic E-state index is -0.446. The lowest BCUT2D eigenvalue weighted by atomic mass is 9.97. The number of ether oxygens (including phenoxy) is 1. The van der Waals surface area contributed by atoms with E-state index in [1.54, 1.807) is 6.20 Å². The maximum Gasteiger partial charge on any atom is 0.358 e. The summed E-state index contributed by atoms with van der Waals surface area (Å²) in [5.41, 5.74) is 0.345. The van der Waals surface area contributed by atoms with Gasteiger partial charge in [0.15, 0.2) is 5.69 Å². The fraction of sp³-hybridized carbons (Fsp3) is 0.500. The van der Waals surface area contributed by atoms with Crippen molar-refractivity contribution in [3.05, 3.63) is 18.0 Å². The van der Waals surface area contributed by atoms with Crippen LogP contribution in [0.3, 0.4) is 0 Å². The largest absolute Gasteiger partial charge is 0.464 e. The van der Waals surface area contributed by atoms with E-state index in [2.05, 4.69) is 35.8 Å². The van der Waals surface area contributed by atoms with Crippen LogP contribution in [0.1, 0.15) is 31.3 Å². The van der Waals surface area contributed by atoms with E-state index in [1.165, 1.54) is 18.0 Å². The smallest absolute Gasteiger partial charge is 0.358 e. The number of carbonyl (C=O) groups excluding carboxylic acids is 1. The Morgan fingerprint density at radius 2 is 2.20 bits per heavy atom. The number of nitrogens with zero attached hydrogens (tertiary/aromatic N) is 3. The number of rotatable bonds is 2. The zero-order valence-corrected chi connectivity index (χ0v) is 9.39. The molecular formula is C10H15N3O2. The lowest BCUT2D eigenvalue weighted by Crippen LogP contribution is -2.08. The second kappa shape index (κ2) is 4.25. The standard InChI is InChI=1S/C10H15N3O2/c1-10(2,3)5-6-13-8(7-11-12-13)9(14)15-4/h5-7H,1-4H3/b6-5+. The Morgan fingerprint density at radius 1 is 1.53 bits per heavy atom. The molecule has 0 N–H and O–H groups in total. The highest BCUT2D eigenvalue weighted by atomic mass is 16.5. The van der Waals surface area contributed by atoms with Gasteiger partial charge in [0.2, 0.25) is 0 Å². The predicted molar refractivity (Wildman–Crippen MR) is 56.1 cm³/mol. The molecule has 0 amide bonds. The quantitative estimate of drug-likeness (QED) is 0.694. The van der Waals surface area contributed by atoms with E-state index in [1.807, 2.05) is 6.08 Å². The summed E-state index contributed by atoms with van der Waals surface area (Å²) in [6, 6.07) is 0. The molecule has 1 rings (SSSR count). The van der Waals surface area contributed by atoms with Crippen molar-refractivity contribution < 1.29 is 9.53 Å². The summed E-state index contributed by atoms with van der Waals surface area (Å²) < 4.78 is 5.99. The average molecular weight is 209 g/mol. The van der Waals surface area contributed by atoms with Crippen LogP contribution in [0.25, 0.3) is 6.20 Å². The highest BCUT2D eigenvalue weighted by Gasteiger charge is 2.12. The summed E-state index contributed by atoms with van der Waals surface area (Å²) in [7, 11) is 1.33. The monoisotopic (exact) mass is 209 g/mol. The highest BCUT2D eigenvalue weighted by molar-refractivity contribution is 5.87. The Balaban J connectivity index is 2.92. The Bertz CT molecular complexity index is 374. The Kier molecular flexibility index (Phi) is 3.24. The first-order valence-corrected chi connectivity index (χ1v) is 4.62. The fourth-order valence-electron chi connectivity index (χ4n) is 0.899. The number of hydrogen-bond acceptors (Lipinski definition) is 4. The third kappa shape index (κ3) is 3.19. The molecule has 0 bridgehead atoms.